The molecule has 6 heteroatoms. The van der Waals surface area contributed by atoms with E-state index in [0.29, 0.717) is 5.89 Å². The van der Waals surface area contributed by atoms with Gasteiger partial charge in [-0.25, -0.2) is 0 Å². The lowest BCUT2D eigenvalue weighted by molar-refractivity contribution is 0.152. The summed E-state index contributed by atoms with van der Waals surface area (Å²) in [6.07, 6.45) is 0.550. The average Bonchev–Trinajstić information content (AvgIpc) is 3.04. The van der Waals surface area contributed by atoms with Gasteiger partial charge in [-0.1, -0.05) is 30.3 Å². The van der Waals surface area contributed by atoms with E-state index in [1.807, 2.05) is 31.2 Å². The number of hydrogen-bond donors (Lipinski definition) is 1. The number of hydrogen-bond acceptors (Lipinski definition) is 6. The fraction of sp³-hybridized carbons (Fsp3) is 0.529. The summed E-state index contributed by atoms with van der Waals surface area (Å²) in [5.74, 6) is 2.13. The van der Waals surface area contributed by atoms with Crippen LogP contribution >= 0.6 is 0 Å². The van der Waals surface area contributed by atoms with Gasteiger partial charge in [-0.3, -0.25) is 4.90 Å². The van der Waals surface area contributed by atoms with E-state index < -0.39 is 0 Å². The van der Waals surface area contributed by atoms with Gasteiger partial charge in [-0.15, -0.1) is 0 Å². The Morgan fingerprint density at radius 2 is 2.26 bits per heavy atom. The first-order valence-electron chi connectivity index (χ1n) is 8.15. The number of rotatable bonds is 5. The van der Waals surface area contributed by atoms with Crippen molar-refractivity contribution >= 4 is 0 Å². The minimum absolute atomic E-state index is 0.150. The van der Waals surface area contributed by atoms with E-state index in [0.717, 1.165) is 43.2 Å². The average molecular weight is 316 g/mol. The molecule has 1 N–H and O–H groups in total. The molecular formula is C17H24N4O2. The molecule has 1 aromatic carbocycles. The van der Waals surface area contributed by atoms with Crippen LogP contribution in [0, 0.1) is 6.92 Å². The molecule has 0 saturated carbocycles. The molecule has 1 fully saturated rings. The topological polar surface area (TPSA) is 63.4 Å². The molecule has 1 aliphatic rings. The Kier molecular flexibility index (Phi) is 4.93. The lowest BCUT2D eigenvalue weighted by Crippen LogP contribution is -2.44. The number of nitrogens with zero attached hydrogens (tertiary/aromatic N) is 3. The van der Waals surface area contributed by atoms with Crippen LogP contribution in [-0.2, 0) is 0 Å². The molecule has 0 bridgehead atoms. The number of likely N-dealkylation sites (N-methyl/N-ethyl adjacent to an activating group) is 1. The van der Waals surface area contributed by atoms with Crippen LogP contribution in [0.5, 0.6) is 5.75 Å². The van der Waals surface area contributed by atoms with Crippen LogP contribution in [0.15, 0.2) is 28.8 Å². The van der Waals surface area contributed by atoms with Gasteiger partial charge in [-0.2, -0.15) is 4.98 Å². The van der Waals surface area contributed by atoms with Gasteiger partial charge in [0, 0.05) is 19.6 Å². The van der Waals surface area contributed by atoms with E-state index in [-0.39, 0.29) is 12.1 Å². The lowest BCUT2D eigenvalue weighted by Gasteiger charge is -2.30. The van der Waals surface area contributed by atoms with Crippen LogP contribution < -0.4 is 10.1 Å². The van der Waals surface area contributed by atoms with Crippen molar-refractivity contribution in [2.24, 2.45) is 0 Å². The zero-order valence-corrected chi connectivity index (χ0v) is 14.0. The first-order valence-corrected chi connectivity index (χ1v) is 8.15. The summed E-state index contributed by atoms with van der Waals surface area (Å²) in [6.45, 7) is 6.90. The van der Waals surface area contributed by atoms with E-state index in [1.165, 1.54) is 0 Å². The van der Waals surface area contributed by atoms with Crippen LogP contribution in [0.3, 0.4) is 0 Å². The summed E-state index contributed by atoms with van der Waals surface area (Å²) in [7, 11) is 2.09. The Morgan fingerprint density at radius 3 is 3.00 bits per heavy atom. The number of piperazine rings is 1. The molecule has 2 heterocycles. The first kappa shape index (κ1) is 16.0. The predicted octanol–water partition coefficient (Wildman–Crippen LogP) is 2.48. The molecule has 2 unspecified atom stereocenters. The minimum atomic E-state index is -0.223. The number of aromatic nitrogens is 2. The fourth-order valence-electron chi connectivity index (χ4n) is 2.76. The molecule has 1 aromatic heterocycles. The summed E-state index contributed by atoms with van der Waals surface area (Å²) in [5, 5.41) is 7.54. The Labute approximate surface area is 136 Å². The molecule has 0 amide bonds. The number of ether oxygens (including phenoxy) is 1. The van der Waals surface area contributed by atoms with Crippen molar-refractivity contribution in [3.8, 4) is 5.75 Å². The van der Waals surface area contributed by atoms with Gasteiger partial charge in [0.05, 0.1) is 6.04 Å². The molecule has 0 aliphatic carbocycles. The number of para-hydroxylation sites is 1. The van der Waals surface area contributed by atoms with E-state index >= 15 is 0 Å². The third kappa shape index (κ3) is 3.54. The van der Waals surface area contributed by atoms with Crippen LogP contribution in [0.25, 0.3) is 0 Å². The third-order valence-corrected chi connectivity index (χ3v) is 4.28. The summed E-state index contributed by atoms with van der Waals surface area (Å²) in [4.78, 5) is 6.84. The maximum absolute atomic E-state index is 6.08. The smallest absolute Gasteiger partial charge is 0.267 e. The van der Waals surface area contributed by atoms with Gasteiger partial charge < -0.3 is 14.6 Å². The maximum Gasteiger partial charge on any atom is 0.267 e. The van der Waals surface area contributed by atoms with Crippen LogP contribution in [0.2, 0.25) is 0 Å². The zero-order valence-electron chi connectivity index (χ0n) is 14.0. The van der Waals surface area contributed by atoms with E-state index in [9.17, 15) is 0 Å². The van der Waals surface area contributed by atoms with Crippen LogP contribution in [0.1, 0.15) is 42.8 Å². The Balaban J connectivity index is 1.76. The van der Waals surface area contributed by atoms with E-state index in [1.54, 1.807) is 0 Å². The normalized spacial score (nSPS) is 20.4. The van der Waals surface area contributed by atoms with Crippen molar-refractivity contribution in [2.45, 2.75) is 32.4 Å². The van der Waals surface area contributed by atoms with E-state index in [4.69, 9.17) is 9.26 Å². The maximum atomic E-state index is 6.08. The molecule has 2 atom stereocenters. The van der Waals surface area contributed by atoms with Crippen molar-refractivity contribution in [3.63, 3.8) is 0 Å². The second-order valence-electron chi connectivity index (χ2n) is 5.97. The summed E-state index contributed by atoms with van der Waals surface area (Å²) in [5.41, 5.74) is 1.10. The highest BCUT2D eigenvalue weighted by Crippen LogP contribution is 2.27. The first-order chi connectivity index (χ1) is 11.2. The molecule has 3 rings (SSSR count). The number of benzene rings is 1. The Bertz CT molecular complexity index is 643. The van der Waals surface area contributed by atoms with Crippen molar-refractivity contribution in [1.82, 2.24) is 20.4 Å². The fourth-order valence-corrected chi connectivity index (χ4v) is 2.76. The van der Waals surface area contributed by atoms with Gasteiger partial charge in [0.15, 0.2) is 11.9 Å². The summed E-state index contributed by atoms with van der Waals surface area (Å²) >= 11 is 0. The number of nitrogens with one attached hydrogen (secondary N) is 1. The molecule has 0 spiro atoms. The molecule has 124 valence electrons. The zero-order chi connectivity index (χ0) is 16.2. The molecule has 1 saturated heterocycles. The largest absolute Gasteiger partial charge is 0.480 e. The SMILES string of the molecule is CCC(Oc1ccccc1C)c1nc(C2CNCCN2C)no1. The van der Waals surface area contributed by atoms with Gasteiger partial charge in [0.2, 0.25) is 0 Å². The standard InChI is InChI=1S/C17H24N4O2/c1-4-14(22-15-8-6-5-7-12(15)2)17-19-16(20-23-17)13-11-18-9-10-21(13)3/h5-8,13-14,18H,4,9-11H2,1-3H3. The third-order valence-electron chi connectivity index (χ3n) is 4.28. The van der Waals surface area contributed by atoms with Crippen molar-refractivity contribution in [3.05, 3.63) is 41.5 Å². The van der Waals surface area contributed by atoms with Crippen molar-refractivity contribution in [2.75, 3.05) is 26.7 Å². The van der Waals surface area contributed by atoms with Gasteiger partial charge >= 0.3 is 0 Å². The predicted molar refractivity (Wildman–Crippen MR) is 87.4 cm³/mol. The van der Waals surface area contributed by atoms with Gasteiger partial charge in [-0.05, 0) is 32.0 Å². The highest BCUT2D eigenvalue weighted by molar-refractivity contribution is 5.32. The lowest BCUT2D eigenvalue weighted by atomic mass is 10.2. The molecule has 0 radical (unpaired) electrons. The van der Waals surface area contributed by atoms with Crippen molar-refractivity contribution in [1.29, 1.82) is 0 Å². The quantitative estimate of drug-likeness (QED) is 0.914. The second-order valence-corrected chi connectivity index (χ2v) is 5.97. The Morgan fingerprint density at radius 1 is 1.43 bits per heavy atom. The molecule has 23 heavy (non-hydrogen) atoms. The van der Waals surface area contributed by atoms with E-state index in [2.05, 4.69) is 34.3 Å². The highest BCUT2D eigenvalue weighted by atomic mass is 16.5. The van der Waals surface area contributed by atoms with Crippen molar-refractivity contribution < 1.29 is 9.26 Å². The molecule has 6 nitrogen and oxygen atoms in total. The second kappa shape index (κ2) is 7.10. The monoisotopic (exact) mass is 316 g/mol. The molecular weight excluding hydrogens is 292 g/mol. The Hall–Kier alpha value is -1.92. The highest BCUT2D eigenvalue weighted by Gasteiger charge is 2.27. The van der Waals surface area contributed by atoms with Gasteiger partial charge in [0.1, 0.15) is 5.75 Å². The van der Waals surface area contributed by atoms with Crippen LogP contribution in [-0.4, -0.2) is 41.7 Å². The number of aryl methyl sites for hydroxylation is 1. The minimum Gasteiger partial charge on any atom is -0.480 e. The molecule has 2 aromatic rings. The van der Waals surface area contributed by atoms with Crippen LogP contribution in [0.4, 0.5) is 0 Å². The summed E-state index contributed by atoms with van der Waals surface area (Å²) in [6, 6.07) is 8.12. The van der Waals surface area contributed by atoms with Gasteiger partial charge in [0.25, 0.3) is 5.89 Å². The summed E-state index contributed by atoms with van der Waals surface area (Å²) < 4.78 is 11.6. The molecule has 1 aliphatic heterocycles.